The van der Waals surface area contributed by atoms with Gasteiger partial charge in [-0.2, -0.15) is 4.39 Å². The molecule has 1 aromatic carbocycles. The Labute approximate surface area is 180 Å². The van der Waals surface area contributed by atoms with E-state index in [9.17, 15) is 9.18 Å². The van der Waals surface area contributed by atoms with Crippen molar-refractivity contribution in [1.82, 2.24) is 15.3 Å². The SMILES string of the molecule is COCCOc1ccc(C(=O)N[C@@H]2CCc3cccc(-c4cccnc4F)c3C2)cn1. The van der Waals surface area contributed by atoms with E-state index >= 15 is 0 Å². The molecule has 3 aromatic rings. The molecule has 7 heteroatoms. The van der Waals surface area contributed by atoms with Crippen molar-refractivity contribution in [3.05, 3.63) is 77.5 Å². The van der Waals surface area contributed by atoms with Gasteiger partial charge in [-0.1, -0.05) is 18.2 Å². The van der Waals surface area contributed by atoms with E-state index in [1.54, 1.807) is 31.4 Å². The number of pyridine rings is 2. The average molecular weight is 421 g/mol. The summed E-state index contributed by atoms with van der Waals surface area (Å²) >= 11 is 0. The van der Waals surface area contributed by atoms with E-state index in [2.05, 4.69) is 21.4 Å². The fourth-order valence-corrected chi connectivity index (χ4v) is 3.85. The zero-order valence-electron chi connectivity index (χ0n) is 17.3. The molecule has 0 saturated carbocycles. The van der Waals surface area contributed by atoms with Gasteiger partial charge in [0.25, 0.3) is 5.91 Å². The number of hydrogen-bond donors (Lipinski definition) is 1. The number of methoxy groups -OCH3 is 1. The van der Waals surface area contributed by atoms with Crippen LogP contribution in [-0.2, 0) is 17.6 Å². The van der Waals surface area contributed by atoms with Crippen molar-refractivity contribution in [2.24, 2.45) is 0 Å². The van der Waals surface area contributed by atoms with E-state index in [1.165, 1.54) is 18.0 Å². The number of fused-ring (bicyclic) bond motifs is 1. The normalized spacial score (nSPS) is 15.2. The minimum absolute atomic E-state index is 0.0430. The predicted octanol–water partition coefficient (Wildman–Crippen LogP) is 3.60. The first kappa shape index (κ1) is 20.9. The summed E-state index contributed by atoms with van der Waals surface area (Å²) in [5.41, 5.74) is 4.04. The molecular weight excluding hydrogens is 397 g/mol. The van der Waals surface area contributed by atoms with Gasteiger partial charge in [-0.05, 0) is 54.2 Å². The number of halogens is 1. The number of aromatic nitrogens is 2. The molecular formula is C24H24FN3O3. The molecule has 0 spiro atoms. The van der Waals surface area contributed by atoms with Crippen molar-refractivity contribution in [1.29, 1.82) is 0 Å². The minimum Gasteiger partial charge on any atom is -0.475 e. The van der Waals surface area contributed by atoms with E-state index in [0.717, 1.165) is 24.0 Å². The van der Waals surface area contributed by atoms with E-state index in [1.807, 2.05) is 12.1 Å². The molecule has 0 saturated heterocycles. The van der Waals surface area contributed by atoms with Gasteiger partial charge >= 0.3 is 0 Å². The Bertz CT molecular complexity index is 1060. The molecule has 6 nitrogen and oxygen atoms in total. The van der Waals surface area contributed by atoms with Crippen LogP contribution in [0.5, 0.6) is 5.88 Å². The van der Waals surface area contributed by atoms with Crippen LogP contribution in [0.3, 0.4) is 0 Å². The minimum atomic E-state index is -0.485. The van der Waals surface area contributed by atoms with Crippen LogP contribution in [-0.4, -0.2) is 42.2 Å². The zero-order valence-corrected chi connectivity index (χ0v) is 17.3. The highest BCUT2D eigenvalue weighted by molar-refractivity contribution is 5.94. The number of amides is 1. The van der Waals surface area contributed by atoms with Gasteiger partial charge in [0.1, 0.15) is 6.61 Å². The molecule has 1 atom stereocenters. The van der Waals surface area contributed by atoms with E-state index < -0.39 is 5.95 Å². The van der Waals surface area contributed by atoms with Crippen LogP contribution < -0.4 is 10.1 Å². The van der Waals surface area contributed by atoms with E-state index in [4.69, 9.17) is 9.47 Å². The van der Waals surface area contributed by atoms with Crippen LogP contribution in [0.25, 0.3) is 11.1 Å². The van der Waals surface area contributed by atoms with Crippen LogP contribution in [0.1, 0.15) is 27.9 Å². The van der Waals surface area contributed by atoms with Gasteiger partial charge < -0.3 is 14.8 Å². The number of ether oxygens (including phenoxy) is 2. The fourth-order valence-electron chi connectivity index (χ4n) is 3.85. The second-order valence-corrected chi connectivity index (χ2v) is 7.42. The molecule has 2 heterocycles. The van der Waals surface area contributed by atoms with Gasteiger partial charge in [0.15, 0.2) is 0 Å². The smallest absolute Gasteiger partial charge is 0.253 e. The lowest BCUT2D eigenvalue weighted by molar-refractivity contribution is 0.0933. The molecule has 31 heavy (non-hydrogen) atoms. The lowest BCUT2D eigenvalue weighted by Crippen LogP contribution is -2.39. The third-order valence-corrected chi connectivity index (χ3v) is 5.41. The summed E-state index contributed by atoms with van der Waals surface area (Å²) in [7, 11) is 1.60. The molecule has 1 aliphatic rings. The summed E-state index contributed by atoms with van der Waals surface area (Å²) < 4.78 is 24.7. The highest BCUT2D eigenvalue weighted by Gasteiger charge is 2.24. The molecule has 0 radical (unpaired) electrons. The van der Waals surface area contributed by atoms with Crippen molar-refractivity contribution in [2.45, 2.75) is 25.3 Å². The molecule has 160 valence electrons. The third kappa shape index (κ3) is 4.88. The number of nitrogens with zero attached hydrogens (tertiary/aromatic N) is 2. The molecule has 0 fully saturated rings. The van der Waals surface area contributed by atoms with Crippen LogP contribution in [0.15, 0.2) is 54.9 Å². The molecule has 4 rings (SSSR count). The first-order valence-electron chi connectivity index (χ1n) is 10.3. The van der Waals surface area contributed by atoms with Gasteiger partial charge in [0.2, 0.25) is 11.8 Å². The van der Waals surface area contributed by atoms with Crippen LogP contribution in [0, 0.1) is 5.95 Å². The van der Waals surface area contributed by atoms with Crippen LogP contribution in [0.4, 0.5) is 4.39 Å². The highest BCUT2D eigenvalue weighted by atomic mass is 19.1. The number of hydrogen-bond acceptors (Lipinski definition) is 5. The Balaban J connectivity index is 1.46. The number of carbonyl (C=O) groups excluding carboxylic acids is 1. The Hall–Kier alpha value is -3.32. The molecule has 0 bridgehead atoms. The second-order valence-electron chi connectivity index (χ2n) is 7.42. The maximum atomic E-state index is 14.3. The largest absolute Gasteiger partial charge is 0.475 e. The van der Waals surface area contributed by atoms with Crippen molar-refractivity contribution >= 4 is 5.91 Å². The monoisotopic (exact) mass is 421 g/mol. The van der Waals surface area contributed by atoms with Crippen molar-refractivity contribution in [3.63, 3.8) is 0 Å². The summed E-state index contributed by atoms with van der Waals surface area (Å²) in [6.07, 6.45) is 5.23. The first-order chi connectivity index (χ1) is 15.2. The zero-order chi connectivity index (χ0) is 21.6. The quantitative estimate of drug-likeness (QED) is 0.466. The van der Waals surface area contributed by atoms with Crippen LogP contribution in [0.2, 0.25) is 0 Å². The van der Waals surface area contributed by atoms with E-state index in [-0.39, 0.29) is 11.9 Å². The summed E-state index contributed by atoms with van der Waals surface area (Å²) in [6.45, 7) is 0.869. The van der Waals surface area contributed by atoms with Crippen molar-refractivity contribution in [2.75, 3.05) is 20.3 Å². The van der Waals surface area contributed by atoms with Gasteiger partial charge in [0, 0.05) is 37.2 Å². The number of aryl methyl sites for hydroxylation is 1. The predicted molar refractivity (Wildman–Crippen MR) is 115 cm³/mol. The van der Waals surface area contributed by atoms with Gasteiger partial charge in [-0.3, -0.25) is 4.79 Å². The van der Waals surface area contributed by atoms with Gasteiger partial charge in [-0.15, -0.1) is 0 Å². The number of rotatable bonds is 7. The van der Waals surface area contributed by atoms with Gasteiger partial charge in [0.05, 0.1) is 12.2 Å². The standard InChI is InChI=1S/C24H24FN3O3/c1-30-12-13-31-22-10-8-17(15-27-22)24(29)28-18-9-7-16-4-2-5-19(21(16)14-18)20-6-3-11-26-23(20)25/h2-6,8,10-11,15,18H,7,9,12-14H2,1H3,(H,28,29)/t18-/m1/s1. The maximum Gasteiger partial charge on any atom is 0.253 e. The summed E-state index contributed by atoms with van der Waals surface area (Å²) in [4.78, 5) is 20.7. The maximum absolute atomic E-state index is 14.3. The number of carbonyl (C=O) groups is 1. The summed E-state index contributed by atoms with van der Waals surface area (Å²) in [5, 5.41) is 3.09. The second kappa shape index (κ2) is 9.66. The van der Waals surface area contributed by atoms with Gasteiger partial charge in [-0.25, -0.2) is 9.97 Å². The first-order valence-corrected chi connectivity index (χ1v) is 10.3. The lowest BCUT2D eigenvalue weighted by atomic mass is 9.83. The highest BCUT2D eigenvalue weighted by Crippen LogP contribution is 2.32. The molecule has 0 aliphatic heterocycles. The topological polar surface area (TPSA) is 73.3 Å². The lowest BCUT2D eigenvalue weighted by Gasteiger charge is -2.27. The molecule has 0 unspecified atom stereocenters. The number of nitrogens with one attached hydrogen (secondary N) is 1. The van der Waals surface area contributed by atoms with Crippen molar-refractivity contribution < 1.29 is 18.7 Å². The van der Waals surface area contributed by atoms with Crippen molar-refractivity contribution in [3.8, 4) is 17.0 Å². The average Bonchev–Trinajstić information content (AvgIpc) is 2.80. The number of benzene rings is 1. The van der Waals surface area contributed by atoms with Crippen LogP contribution >= 0.6 is 0 Å². The summed E-state index contributed by atoms with van der Waals surface area (Å²) in [5.74, 6) is -0.223. The Morgan fingerprint density at radius 3 is 2.77 bits per heavy atom. The molecule has 1 aliphatic carbocycles. The third-order valence-electron chi connectivity index (χ3n) is 5.41. The fraction of sp³-hybridized carbons (Fsp3) is 0.292. The Morgan fingerprint density at radius 2 is 2.00 bits per heavy atom. The van der Waals surface area contributed by atoms with E-state index in [0.29, 0.717) is 36.6 Å². The molecule has 1 N–H and O–H groups in total. The Kier molecular flexibility index (Phi) is 6.52. The summed E-state index contributed by atoms with van der Waals surface area (Å²) in [6, 6.07) is 12.7. The Morgan fingerprint density at radius 1 is 1.13 bits per heavy atom. The molecule has 1 amide bonds. The molecule has 2 aromatic heterocycles.